The van der Waals surface area contributed by atoms with Gasteiger partial charge in [0.25, 0.3) is 0 Å². The molecule has 0 aliphatic rings. The van der Waals surface area contributed by atoms with Gasteiger partial charge in [0, 0.05) is 37.4 Å². The van der Waals surface area contributed by atoms with Gasteiger partial charge in [-0.1, -0.05) is 32.0 Å². The molecule has 0 aliphatic heterocycles. The summed E-state index contributed by atoms with van der Waals surface area (Å²) >= 11 is 0. The number of aryl methyl sites for hydroxylation is 1. The molecule has 1 heterocycles. The number of nitrogens with one attached hydrogen (secondary N) is 1. The molecule has 1 aromatic carbocycles. The molecule has 0 unspecified atom stereocenters. The van der Waals surface area contributed by atoms with Crippen LogP contribution in [0.25, 0.3) is 10.9 Å². The Bertz CT molecular complexity index is 545. The van der Waals surface area contributed by atoms with Gasteiger partial charge in [0.15, 0.2) is 0 Å². The van der Waals surface area contributed by atoms with E-state index in [1.165, 1.54) is 16.5 Å². The van der Waals surface area contributed by atoms with Crippen molar-refractivity contribution in [3.05, 3.63) is 36.0 Å². The molecular weight excluding hydrogens is 260 g/mol. The maximum atomic E-state index is 5.16. The Balaban J connectivity index is 2.04. The highest BCUT2D eigenvalue weighted by Crippen LogP contribution is 2.22. The van der Waals surface area contributed by atoms with Gasteiger partial charge in [0.1, 0.15) is 0 Å². The quantitative estimate of drug-likeness (QED) is 0.715. The zero-order valence-corrected chi connectivity index (χ0v) is 13.6. The molecule has 0 fully saturated rings. The summed E-state index contributed by atoms with van der Waals surface area (Å²) in [4.78, 5) is 0. The van der Waals surface area contributed by atoms with Gasteiger partial charge in [0.2, 0.25) is 0 Å². The van der Waals surface area contributed by atoms with Crippen LogP contribution < -0.4 is 5.32 Å². The van der Waals surface area contributed by atoms with E-state index in [1.54, 1.807) is 7.11 Å². The van der Waals surface area contributed by atoms with Crippen molar-refractivity contribution in [2.24, 2.45) is 5.92 Å². The van der Waals surface area contributed by atoms with Crippen LogP contribution in [-0.2, 0) is 17.7 Å². The summed E-state index contributed by atoms with van der Waals surface area (Å²) in [5.74, 6) is 0.709. The Labute approximate surface area is 128 Å². The third-order valence-electron chi connectivity index (χ3n) is 3.74. The Morgan fingerprint density at radius 1 is 1.24 bits per heavy atom. The lowest BCUT2D eigenvalue weighted by Crippen LogP contribution is -2.22. The fourth-order valence-electron chi connectivity index (χ4n) is 2.70. The predicted molar refractivity (Wildman–Crippen MR) is 89.8 cm³/mol. The minimum absolute atomic E-state index is 0.709. The Kier molecular flexibility index (Phi) is 6.27. The van der Waals surface area contributed by atoms with Crippen LogP contribution in [0.15, 0.2) is 30.5 Å². The van der Waals surface area contributed by atoms with E-state index < -0.39 is 0 Å². The summed E-state index contributed by atoms with van der Waals surface area (Å²) < 4.78 is 7.53. The number of fused-ring (bicyclic) bond motifs is 1. The lowest BCUT2D eigenvalue weighted by atomic mass is 10.1. The summed E-state index contributed by atoms with van der Waals surface area (Å²) in [6.07, 6.45) is 4.46. The fraction of sp³-hybridized carbons (Fsp3) is 0.556. The Hall–Kier alpha value is -1.32. The average molecular weight is 288 g/mol. The monoisotopic (exact) mass is 288 g/mol. The first-order chi connectivity index (χ1) is 10.2. The number of rotatable bonds is 9. The van der Waals surface area contributed by atoms with Gasteiger partial charge in [0.05, 0.1) is 0 Å². The van der Waals surface area contributed by atoms with Crippen molar-refractivity contribution in [2.75, 3.05) is 26.8 Å². The Morgan fingerprint density at radius 2 is 2.05 bits per heavy atom. The number of nitrogens with zero attached hydrogens (tertiary/aromatic N) is 1. The first kappa shape index (κ1) is 16.1. The van der Waals surface area contributed by atoms with E-state index in [0.29, 0.717) is 5.92 Å². The van der Waals surface area contributed by atoms with Crippen LogP contribution >= 0.6 is 0 Å². The lowest BCUT2D eigenvalue weighted by Gasteiger charge is -2.06. The van der Waals surface area contributed by atoms with Gasteiger partial charge in [-0.2, -0.15) is 0 Å². The normalized spacial score (nSPS) is 11.6. The summed E-state index contributed by atoms with van der Waals surface area (Å²) in [6, 6.07) is 8.70. The topological polar surface area (TPSA) is 26.2 Å². The first-order valence-electron chi connectivity index (χ1n) is 7.98. The molecule has 1 aromatic heterocycles. The zero-order chi connectivity index (χ0) is 15.1. The molecule has 3 heteroatoms. The van der Waals surface area contributed by atoms with E-state index >= 15 is 0 Å². The van der Waals surface area contributed by atoms with E-state index in [0.717, 1.165) is 39.1 Å². The summed E-state index contributed by atoms with van der Waals surface area (Å²) in [6.45, 7) is 8.46. The first-order valence-corrected chi connectivity index (χ1v) is 7.98. The highest BCUT2D eigenvalue weighted by atomic mass is 16.5. The van der Waals surface area contributed by atoms with Crippen molar-refractivity contribution in [1.82, 2.24) is 9.88 Å². The maximum absolute atomic E-state index is 5.16. The third-order valence-corrected chi connectivity index (χ3v) is 3.74. The van der Waals surface area contributed by atoms with E-state index in [9.17, 15) is 0 Å². The number of benzene rings is 1. The number of hydrogen-bond acceptors (Lipinski definition) is 2. The van der Waals surface area contributed by atoms with Crippen LogP contribution in [0.5, 0.6) is 0 Å². The van der Waals surface area contributed by atoms with E-state index in [4.69, 9.17) is 4.74 Å². The summed E-state index contributed by atoms with van der Waals surface area (Å²) in [5, 5.41) is 4.92. The minimum atomic E-state index is 0.709. The number of aromatic nitrogens is 1. The summed E-state index contributed by atoms with van der Waals surface area (Å²) in [7, 11) is 1.76. The number of methoxy groups -OCH3 is 1. The second-order valence-corrected chi connectivity index (χ2v) is 6.06. The fourth-order valence-corrected chi connectivity index (χ4v) is 2.70. The molecule has 0 amide bonds. The molecule has 0 aliphatic carbocycles. The zero-order valence-electron chi connectivity index (χ0n) is 13.6. The molecule has 2 aromatic rings. The molecule has 0 radical (unpaired) electrons. The second kappa shape index (κ2) is 8.20. The van der Waals surface area contributed by atoms with Crippen LogP contribution in [0.2, 0.25) is 0 Å². The summed E-state index contributed by atoms with van der Waals surface area (Å²) in [5.41, 5.74) is 2.78. The molecule has 3 nitrogen and oxygen atoms in total. The van der Waals surface area contributed by atoms with Gasteiger partial charge in [-0.05, 0) is 43.5 Å². The second-order valence-electron chi connectivity index (χ2n) is 6.06. The molecule has 0 bridgehead atoms. The standard InChI is InChI=1S/C18H28N2O/c1-15(2)13-19-10-9-16-14-20(11-6-12-21-3)18-8-5-4-7-17(16)18/h4-5,7-8,14-15,19H,6,9-13H2,1-3H3. The van der Waals surface area contributed by atoms with Gasteiger partial charge in [-0.15, -0.1) is 0 Å². The molecule has 116 valence electrons. The van der Waals surface area contributed by atoms with Crippen molar-refractivity contribution >= 4 is 10.9 Å². The SMILES string of the molecule is COCCCn1cc(CCNCC(C)C)c2ccccc21. The van der Waals surface area contributed by atoms with Gasteiger partial charge in [-0.3, -0.25) is 0 Å². The minimum Gasteiger partial charge on any atom is -0.385 e. The van der Waals surface area contributed by atoms with Crippen molar-refractivity contribution in [1.29, 1.82) is 0 Å². The molecular formula is C18H28N2O. The highest BCUT2D eigenvalue weighted by molar-refractivity contribution is 5.84. The van der Waals surface area contributed by atoms with Crippen LogP contribution in [0, 0.1) is 5.92 Å². The van der Waals surface area contributed by atoms with Crippen molar-refractivity contribution in [3.8, 4) is 0 Å². The van der Waals surface area contributed by atoms with Crippen LogP contribution in [0.3, 0.4) is 0 Å². The third kappa shape index (κ3) is 4.58. The average Bonchev–Trinajstić information content (AvgIpc) is 2.82. The number of hydrogen-bond donors (Lipinski definition) is 1. The van der Waals surface area contributed by atoms with Crippen LogP contribution in [0.4, 0.5) is 0 Å². The maximum Gasteiger partial charge on any atom is 0.0483 e. The van der Waals surface area contributed by atoms with Gasteiger partial charge < -0.3 is 14.6 Å². The van der Waals surface area contributed by atoms with E-state index in [2.05, 4.69) is 54.2 Å². The van der Waals surface area contributed by atoms with Gasteiger partial charge in [-0.25, -0.2) is 0 Å². The Morgan fingerprint density at radius 3 is 2.81 bits per heavy atom. The molecule has 21 heavy (non-hydrogen) atoms. The van der Waals surface area contributed by atoms with Crippen molar-refractivity contribution < 1.29 is 4.74 Å². The molecule has 0 atom stereocenters. The largest absolute Gasteiger partial charge is 0.385 e. The highest BCUT2D eigenvalue weighted by Gasteiger charge is 2.07. The molecule has 2 rings (SSSR count). The molecule has 0 spiro atoms. The van der Waals surface area contributed by atoms with E-state index in [-0.39, 0.29) is 0 Å². The van der Waals surface area contributed by atoms with Crippen LogP contribution in [-0.4, -0.2) is 31.4 Å². The number of para-hydroxylation sites is 1. The smallest absolute Gasteiger partial charge is 0.0483 e. The van der Waals surface area contributed by atoms with Crippen molar-refractivity contribution in [2.45, 2.75) is 33.2 Å². The van der Waals surface area contributed by atoms with Gasteiger partial charge >= 0.3 is 0 Å². The molecule has 0 saturated heterocycles. The number of ether oxygens (including phenoxy) is 1. The lowest BCUT2D eigenvalue weighted by molar-refractivity contribution is 0.190. The van der Waals surface area contributed by atoms with Crippen molar-refractivity contribution in [3.63, 3.8) is 0 Å². The van der Waals surface area contributed by atoms with E-state index in [1.807, 2.05) is 0 Å². The predicted octanol–water partition coefficient (Wildman–Crippen LogP) is 3.47. The molecule has 0 saturated carbocycles. The van der Waals surface area contributed by atoms with Crippen LogP contribution in [0.1, 0.15) is 25.8 Å². The molecule has 1 N–H and O–H groups in total.